The van der Waals surface area contributed by atoms with Gasteiger partial charge in [-0.2, -0.15) is 0 Å². The quantitative estimate of drug-likeness (QED) is 0.185. The average Bonchev–Trinajstić information content (AvgIpc) is 2.78. The molecule has 2 aromatic carbocycles. The molecule has 0 radical (unpaired) electrons. The summed E-state index contributed by atoms with van der Waals surface area (Å²) in [6.45, 7) is 9.37. The lowest BCUT2D eigenvalue weighted by Crippen LogP contribution is -2.33. The molecule has 3 nitrogen and oxygen atoms in total. The third kappa shape index (κ3) is 7.34. The molecule has 0 aliphatic rings. The molecule has 2 aromatic rings. The highest BCUT2D eigenvalue weighted by atomic mass is 16.5. The van der Waals surface area contributed by atoms with Crippen LogP contribution in [-0.2, 0) is 0 Å². The minimum Gasteiger partial charge on any atom is -0.493 e. The van der Waals surface area contributed by atoms with Crippen LogP contribution in [0.4, 0.5) is 0 Å². The molecular weight excluding hydrogens is 368 g/mol. The molecule has 0 aromatic heterocycles. The van der Waals surface area contributed by atoms with Gasteiger partial charge in [-0.1, -0.05) is 90.0 Å². The van der Waals surface area contributed by atoms with Crippen LogP contribution >= 0.6 is 0 Å². The number of fused-ring (bicyclic) bond motifs is 1. The van der Waals surface area contributed by atoms with E-state index in [1.165, 1.54) is 32.1 Å². The Kier molecular flexibility index (Phi) is 11.4. The topological polar surface area (TPSA) is 36.3 Å². The van der Waals surface area contributed by atoms with Gasteiger partial charge in [-0.25, -0.2) is 0 Å². The van der Waals surface area contributed by atoms with Gasteiger partial charge in [-0.3, -0.25) is 5.41 Å². The van der Waals surface area contributed by atoms with E-state index in [9.17, 15) is 0 Å². The van der Waals surface area contributed by atoms with Gasteiger partial charge in [0.15, 0.2) is 0 Å². The smallest absolute Gasteiger partial charge is 0.128 e. The largest absolute Gasteiger partial charge is 0.493 e. The van der Waals surface area contributed by atoms with Crippen LogP contribution in [0.3, 0.4) is 0 Å². The molecule has 0 saturated carbocycles. The third-order valence-corrected chi connectivity index (χ3v) is 5.77. The number of hydrogen-bond donors (Lipinski definition) is 1. The number of amidine groups is 1. The van der Waals surface area contributed by atoms with Gasteiger partial charge in [-0.05, 0) is 36.8 Å². The molecule has 0 unspecified atom stereocenters. The van der Waals surface area contributed by atoms with Crippen molar-refractivity contribution in [3.05, 3.63) is 42.0 Å². The first-order valence-corrected chi connectivity index (χ1v) is 12.2. The maximum Gasteiger partial charge on any atom is 0.128 e. The molecular formula is C27H42N2O. The van der Waals surface area contributed by atoms with E-state index >= 15 is 0 Å². The van der Waals surface area contributed by atoms with Crippen LogP contribution in [0.15, 0.2) is 36.4 Å². The van der Waals surface area contributed by atoms with Crippen molar-refractivity contribution in [3.63, 3.8) is 0 Å². The summed E-state index contributed by atoms with van der Waals surface area (Å²) in [7, 11) is 0. The fourth-order valence-corrected chi connectivity index (χ4v) is 3.87. The monoisotopic (exact) mass is 410 g/mol. The van der Waals surface area contributed by atoms with E-state index in [1.54, 1.807) is 0 Å². The molecule has 166 valence electrons. The van der Waals surface area contributed by atoms with Gasteiger partial charge in [0.1, 0.15) is 11.6 Å². The van der Waals surface area contributed by atoms with Crippen LogP contribution in [0.2, 0.25) is 0 Å². The summed E-state index contributed by atoms with van der Waals surface area (Å²) >= 11 is 0. The van der Waals surface area contributed by atoms with Gasteiger partial charge in [-0.15, -0.1) is 0 Å². The first kappa shape index (κ1) is 24.2. The van der Waals surface area contributed by atoms with Crippen molar-refractivity contribution in [3.8, 4) is 5.75 Å². The molecule has 2 rings (SSSR count). The molecule has 0 saturated heterocycles. The number of nitrogens with one attached hydrogen (secondary N) is 1. The number of benzene rings is 2. The van der Waals surface area contributed by atoms with E-state index in [0.29, 0.717) is 5.84 Å². The summed E-state index contributed by atoms with van der Waals surface area (Å²) in [6.07, 6.45) is 12.2. The zero-order valence-corrected chi connectivity index (χ0v) is 19.5. The van der Waals surface area contributed by atoms with Crippen molar-refractivity contribution in [1.29, 1.82) is 5.41 Å². The average molecular weight is 411 g/mol. The maximum absolute atomic E-state index is 8.93. The van der Waals surface area contributed by atoms with E-state index in [2.05, 4.69) is 62.1 Å². The second-order valence-corrected chi connectivity index (χ2v) is 8.32. The second kappa shape index (κ2) is 14.1. The van der Waals surface area contributed by atoms with Crippen molar-refractivity contribution in [2.45, 2.75) is 85.0 Å². The van der Waals surface area contributed by atoms with Gasteiger partial charge >= 0.3 is 0 Å². The van der Waals surface area contributed by atoms with Crippen molar-refractivity contribution >= 4 is 16.6 Å². The van der Waals surface area contributed by atoms with Gasteiger partial charge in [0, 0.05) is 24.0 Å². The highest BCUT2D eigenvalue weighted by molar-refractivity contribution is 6.09. The Bertz CT molecular complexity index is 748. The summed E-state index contributed by atoms with van der Waals surface area (Å²) in [6, 6.07) is 12.6. The summed E-state index contributed by atoms with van der Waals surface area (Å²) in [5, 5.41) is 11.2. The Hall–Kier alpha value is -2.03. The normalized spacial score (nSPS) is 11.0. The second-order valence-electron chi connectivity index (χ2n) is 8.32. The van der Waals surface area contributed by atoms with Crippen LogP contribution in [0.5, 0.6) is 5.75 Å². The van der Waals surface area contributed by atoms with E-state index in [-0.39, 0.29) is 0 Å². The summed E-state index contributed by atoms with van der Waals surface area (Å²) in [5.74, 6) is 1.60. The molecule has 0 heterocycles. The molecule has 0 atom stereocenters. The molecule has 1 N–H and O–H groups in total. The van der Waals surface area contributed by atoms with Crippen molar-refractivity contribution in [2.75, 3.05) is 19.7 Å². The van der Waals surface area contributed by atoms with Gasteiger partial charge < -0.3 is 9.64 Å². The van der Waals surface area contributed by atoms with Gasteiger partial charge in [0.05, 0.1) is 6.61 Å². The zero-order valence-electron chi connectivity index (χ0n) is 19.5. The number of unbranched alkanes of at least 4 members (excludes halogenated alkanes) is 7. The van der Waals surface area contributed by atoms with Crippen molar-refractivity contribution < 1.29 is 4.74 Å². The third-order valence-electron chi connectivity index (χ3n) is 5.77. The van der Waals surface area contributed by atoms with Crippen LogP contribution in [0.25, 0.3) is 10.8 Å². The van der Waals surface area contributed by atoms with E-state index in [0.717, 1.165) is 73.9 Å². The molecule has 0 aliphatic carbocycles. The summed E-state index contributed by atoms with van der Waals surface area (Å²) in [4.78, 5) is 2.26. The SMILES string of the molecule is CCCCCCCCOc1ccc(C(=N)N(CCCC)CCCC)c2ccccc12. The summed E-state index contributed by atoms with van der Waals surface area (Å²) < 4.78 is 6.17. The molecule has 0 fully saturated rings. The zero-order chi connectivity index (χ0) is 21.6. The Morgan fingerprint density at radius 1 is 0.733 bits per heavy atom. The Morgan fingerprint density at radius 3 is 2.00 bits per heavy atom. The molecule has 0 bridgehead atoms. The lowest BCUT2D eigenvalue weighted by atomic mass is 10.0. The van der Waals surface area contributed by atoms with Crippen molar-refractivity contribution in [1.82, 2.24) is 4.90 Å². The first-order valence-electron chi connectivity index (χ1n) is 12.2. The molecule has 0 aliphatic heterocycles. The number of ether oxygens (including phenoxy) is 1. The van der Waals surface area contributed by atoms with E-state index in [1.807, 2.05) is 0 Å². The minimum atomic E-state index is 0.649. The van der Waals surface area contributed by atoms with Crippen molar-refractivity contribution in [2.24, 2.45) is 0 Å². The minimum absolute atomic E-state index is 0.649. The van der Waals surface area contributed by atoms with E-state index < -0.39 is 0 Å². The Labute approximate surface area is 184 Å². The highest BCUT2D eigenvalue weighted by Gasteiger charge is 2.15. The Morgan fingerprint density at radius 2 is 1.33 bits per heavy atom. The number of nitrogens with zero attached hydrogens (tertiary/aromatic N) is 1. The van der Waals surface area contributed by atoms with Crippen LogP contribution in [0.1, 0.15) is 90.5 Å². The predicted molar refractivity (Wildman–Crippen MR) is 131 cm³/mol. The standard InChI is InChI=1S/C27H42N2O/c1-4-7-10-11-12-15-22-30-26-19-18-25(23-16-13-14-17-24(23)26)27(28)29(20-8-5-2)21-9-6-3/h13-14,16-19,28H,4-12,15,20-22H2,1-3H3. The van der Waals surface area contributed by atoms with Crippen LogP contribution in [-0.4, -0.2) is 30.4 Å². The first-order chi connectivity index (χ1) is 14.7. The Balaban J connectivity index is 2.11. The predicted octanol–water partition coefficient (Wildman–Crippen LogP) is 7.81. The van der Waals surface area contributed by atoms with Gasteiger partial charge in [0.25, 0.3) is 0 Å². The lowest BCUT2D eigenvalue weighted by Gasteiger charge is -2.26. The lowest BCUT2D eigenvalue weighted by molar-refractivity contribution is 0.308. The number of rotatable bonds is 15. The fourth-order valence-electron chi connectivity index (χ4n) is 3.87. The van der Waals surface area contributed by atoms with Crippen LogP contribution in [0, 0.1) is 5.41 Å². The van der Waals surface area contributed by atoms with E-state index in [4.69, 9.17) is 10.1 Å². The fraction of sp³-hybridized carbons (Fsp3) is 0.593. The molecule has 0 amide bonds. The van der Waals surface area contributed by atoms with Crippen LogP contribution < -0.4 is 4.74 Å². The number of hydrogen-bond acceptors (Lipinski definition) is 2. The summed E-state index contributed by atoms with van der Waals surface area (Å²) in [5.41, 5.74) is 1.02. The highest BCUT2D eigenvalue weighted by Crippen LogP contribution is 2.30. The maximum atomic E-state index is 8.93. The molecule has 3 heteroatoms. The molecule has 0 spiro atoms. The van der Waals surface area contributed by atoms with Gasteiger partial charge in [0.2, 0.25) is 0 Å². The molecule has 30 heavy (non-hydrogen) atoms.